The van der Waals surface area contributed by atoms with Crippen LogP contribution in [-0.4, -0.2) is 32.7 Å². The molecule has 2 N–H and O–H groups in total. The molecule has 150 valence electrons. The van der Waals surface area contributed by atoms with E-state index in [1.165, 1.54) is 19.3 Å². The molecule has 1 atom stereocenters. The van der Waals surface area contributed by atoms with Gasteiger partial charge in [-0.05, 0) is 49.4 Å². The molecule has 6 heteroatoms. The number of nitrogens with zero attached hydrogens (tertiary/aromatic N) is 3. The fraction of sp³-hybridized carbons (Fsp3) is 0.435. The number of aromatic amines is 1. The molecule has 2 aliphatic rings. The number of aromatic nitrogens is 3. The minimum absolute atomic E-state index is 0.133. The van der Waals surface area contributed by atoms with E-state index in [2.05, 4.69) is 40.2 Å². The summed E-state index contributed by atoms with van der Waals surface area (Å²) >= 11 is 0. The Morgan fingerprint density at radius 1 is 1.24 bits per heavy atom. The number of rotatable bonds is 4. The second-order valence-electron chi connectivity index (χ2n) is 8.62. The second kappa shape index (κ2) is 7.02. The maximum Gasteiger partial charge on any atom is 0.149 e. The molecule has 0 spiro atoms. The van der Waals surface area contributed by atoms with Gasteiger partial charge in [-0.1, -0.05) is 20.3 Å². The van der Waals surface area contributed by atoms with E-state index in [0.29, 0.717) is 17.6 Å². The highest BCUT2D eigenvalue weighted by Gasteiger charge is 2.25. The Morgan fingerprint density at radius 2 is 2.07 bits per heavy atom. The van der Waals surface area contributed by atoms with Gasteiger partial charge in [-0.2, -0.15) is 0 Å². The van der Waals surface area contributed by atoms with Gasteiger partial charge in [-0.15, -0.1) is 0 Å². The molecular formula is C23H26FN5. The number of H-pyrrole nitrogens is 1. The minimum atomic E-state index is -0.277. The van der Waals surface area contributed by atoms with E-state index in [1.807, 2.05) is 19.3 Å². The van der Waals surface area contributed by atoms with Gasteiger partial charge in [-0.3, -0.25) is 4.99 Å². The molecule has 1 fully saturated rings. The van der Waals surface area contributed by atoms with E-state index in [4.69, 9.17) is 4.98 Å². The molecule has 5 rings (SSSR count). The van der Waals surface area contributed by atoms with Crippen molar-refractivity contribution in [2.45, 2.75) is 64.5 Å². The van der Waals surface area contributed by atoms with Gasteiger partial charge in [0, 0.05) is 47.1 Å². The Labute approximate surface area is 169 Å². The van der Waals surface area contributed by atoms with Crippen molar-refractivity contribution in [3.05, 3.63) is 41.7 Å². The van der Waals surface area contributed by atoms with Gasteiger partial charge in [0.2, 0.25) is 0 Å². The lowest BCUT2D eigenvalue weighted by Crippen LogP contribution is -2.42. The van der Waals surface area contributed by atoms with E-state index in [9.17, 15) is 4.39 Å². The van der Waals surface area contributed by atoms with E-state index < -0.39 is 0 Å². The van der Waals surface area contributed by atoms with Crippen molar-refractivity contribution in [2.24, 2.45) is 4.99 Å². The quantitative estimate of drug-likeness (QED) is 0.654. The van der Waals surface area contributed by atoms with E-state index >= 15 is 0 Å². The molecular weight excluding hydrogens is 365 g/mol. The van der Waals surface area contributed by atoms with Gasteiger partial charge in [0.15, 0.2) is 0 Å². The predicted molar refractivity (Wildman–Crippen MR) is 114 cm³/mol. The summed E-state index contributed by atoms with van der Waals surface area (Å²) in [6.45, 7) is 6.19. The van der Waals surface area contributed by atoms with Crippen LogP contribution < -0.4 is 5.32 Å². The summed E-state index contributed by atoms with van der Waals surface area (Å²) in [6.07, 6.45) is 8.11. The Hall–Kier alpha value is -2.60. The summed E-state index contributed by atoms with van der Waals surface area (Å²) in [6, 6.07) is 4.11. The maximum absolute atomic E-state index is 14.9. The molecule has 1 aromatic carbocycles. The molecule has 0 bridgehead atoms. The second-order valence-corrected chi connectivity index (χ2v) is 8.62. The number of halogens is 1. The molecule has 3 heterocycles. The van der Waals surface area contributed by atoms with Gasteiger partial charge in [-0.25, -0.2) is 14.4 Å². The maximum atomic E-state index is 14.9. The van der Waals surface area contributed by atoms with Crippen LogP contribution in [0, 0.1) is 5.82 Å². The summed E-state index contributed by atoms with van der Waals surface area (Å²) in [4.78, 5) is 17.1. The number of nitrogens with one attached hydrogen (secondary N) is 2. The molecule has 0 saturated heterocycles. The van der Waals surface area contributed by atoms with Gasteiger partial charge in [0.1, 0.15) is 23.0 Å². The predicted octanol–water partition coefficient (Wildman–Crippen LogP) is 5.05. The number of fused-ring (bicyclic) bond motifs is 2. The molecule has 1 saturated carbocycles. The minimum Gasteiger partial charge on any atom is -0.345 e. The zero-order valence-electron chi connectivity index (χ0n) is 17.1. The third-order valence-corrected chi connectivity index (χ3v) is 6.13. The average molecular weight is 391 g/mol. The molecule has 1 unspecified atom stereocenters. The van der Waals surface area contributed by atoms with Crippen molar-refractivity contribution in [3.63, 3.8) is 0 Å². The van der Waals surface area contributed by atoms with Crippen molar-refractivity contribution >= 4 is 22.4 Å². The van der Waals surface area contributed by atoms with Crippen molar-refractivity contribution in [2.75, 3.05) is 0 Å². The summed E-state index contributed by atoms with van der Waals surface area (Å²) in [5.41, 5.74) is 4.93. The zero-order chi connectivity index (χ0) is 20.1. The van der Waals surface area contributed by atoms with E-state index in [-0.39, 0.29) is 11.9 Å². The van der Waals surface area contributed by atoms with E-state index in [1.54, 1.807) is 6.07 Å². The van der Waals surface area contributed by atoms with Crippen LogP contribution in [0.15, 0.2) is 29.5 Å². The Kier molecular flexibility index (Phi) is 4.46. The summed E-state index contributed by atoms with van der Waals surface area (Å²) in [5, 5.41) is 4.45. The van der Waals surface area contributed by atoms with Gasteiger partial charge >= 0.3 is 0 Å². The third kappa shape index (κ3) is 3.25. The smallest absolute Gasteiger partial charge is 0.149 e. The average Bonchev–Trinajstić information content (AvgIpc) is 3.04. The fourth-order valence-corrected chi connectivity index (χ4v) is 4.32. The SMILES string of the molecule is CC1=Nc2c(F)cc(-c3c[nH]c4nc(C5CCC5)ncc34)cc2CC1NC(C)C. The molecule has 1 aliphatic heterocycles. The summed E-state index contributed by atoms with van der Waals surface area (Å²) in [7, 11) is 0. The van der Waals surface area contributed by atoms with Gasteiger partial charge in [0.25, 0.3) is 0 Å². The lowest BCUT2D eigenvalue weighted by molar-refractivity contribution is 0.402. The normalized spacial score (nSPS) is 19.3. The van der Waals surface area contributed by atoms with Crippen LogP contribution in [0.25, 0.3) is 22.2 Å². The Bertz CT molecular complexity index is 1110. The molecule has 2 aromatic heterocycles. The lowest BCUT2D eigenvalue weighted by Gasteiger charge is -2.26. The van der Waals surface area contributed by atoms with Crippen LogP contribution in [0.4, 0.5) is 10.1 Å². The van der Waals surface area contributed by atoms with Crippen molar-refractivity contribution in [1.82, 2.24) is 20.3 Å². The van der Waals surface area contributed by atoms with Crippen molar-refractivity contribution in [1.29, 1.82) is 0 Å². The van der Waals surface area contributed by atoms with Crippen LogP contribution >= 0.6 is 0 Å². The topological polar surface area (TPSA) is 66.0 Å². The molecule has 3 aromatic rings. The number of hydrogen-bond acceptors (Lipinski definition) is 4. The van der Waals surface area contributed by atoms with Crippen LogP contribution in [0.5, 0.6) is 0 Å². The zero-order valence-corrected chi connectivity index (χ0v) is 17.1. The number of hydrogen-bond donors (Lipinski definition) is 2. The highest BCUT2D eigenvalue weighted by Crippen LogP contribution is 2.38. The highest BCUT2D eigenvalue weighted by molar-refractivity contribution is 5.95. The number of benzene rings is 1. The van der Waals surface area contributed by atoms with Crippen molar-refractivity contribution in [3.8, 4) is 11.1 Å². The Balaban J connectivity index is 1.53. The third-order valence-electron chi connectivity index (χ3n) is 6.13. The van der Waals surface area contributed by atoms with Crippen LogP contribution in [-0.2, 0) is 6.42 Å². The summed E-state index contributed by atoms with van der Waals surface area (Å²) < 4.78 is 14.9. The first-order valence-electron chi connectivity index (χ1n) is 10.5. The standard InChI is InChI=1S/C23H26FN5/c1-12(2)27-20-9-16-7-15(8-19(24)21(16)28-13(20)3)17-10-26-23-18(17)11-25-22(29-23)14-5-4-6-14/h7-8,10-12,14,20,27H,4-6,9H2,1-3H3,(H,25,26,29). The van der Waals surface area contributed by atoms with Crippen LogP contribution in [0.1, 0.15) is 57.3 Å². The van der Waals surface area contributed by atoms with Crippen LogP contribution in [0.3, 0.4) is 0 Å². The molecule has 0 amide bonds. The summed E-state index contributed by atoms with van der Waals surface area (Å²) in [5.74, 6) is 1.13. The van der Waals surface area contributed by atoms with E-state index in [0.717, 1.165) is 45.7 Å². The first kappa shape index (κ1) is 18.4. The highest BCUT2D eigenvalue weighted by atomic mass is 19.1. The van der Waals surface area contributed by atoms with Gasteiger partial charge < -0.3 is 10.3 Å². The Morgan fingerprint density at radius 3 is 2.79 bits per heavy atom. The largest absolute Gasteiger partial charge is 0.345 e. The first-order valence-corrected chi connectivity index (χ1v) is 10.5. The molecule has 1 aliphatic carbocycles. The van der Waals surface area contributed by atoms with Gasteiger partial charge in [0.05, 0.1) is 0 Å². The molecule has 5 nitrogen and oxygen atoms in total. The molecule has 0 radical (unpaired) electrons. The lowest BCUT2D eigenvalue weighted by atomic mass is 9.85. The first-order chi connectivity index (χ1) is 14.0. The van der Waals surface area contributed by atoms with Crippen molar-refractivity contribution < 1.29 is 4.39 Å². The monoisotopic (exact) mass is 391 g/mol. The number of aliphatic imine (C=N–C) groups is 1. The molecule has 29 heavy (non-hydrogen) atoms. The van der Waals surface area contributed by atoms with Crippen LogP contribution in [0.2, 0.25) is 0 Å². The fourth-order valence-electron chi connectivity index (χ4n) is 4.32.